The zero-order valence-corrected chi connectivity index (χ0v) is 15.4. The number of hydrogen-bond acceptors (Lipinski definition) is 7. The summed E-state index contributed by atoms with van der Waals surface area (Å²) < 4.78 is 13.7. The zero-order valence-electron chi connectivity index (χ0n) is 14.5. The SMILES string of the molecule is CSc1nc(N)c2ncc([C@H]3CC[C@@H](COCc4ccccc4)O3)n2n1. The molecule has 0 unspecified atom stereocenters. The first kappa shape index (κ1) is 17.3. The van der Waals surface area contributed by atoms with Gasteiger partial charge >= 0.3 is 0 Å². The van der Waals surface area contributed by atoms with E-state index in [4.69, 9.17) is 15.2 Å². The van der Waals surface area contributed by atoms with E-state index in [1.54, 1.807) is 10.7 Å². The first-order valence-corrected chi connectivity index (χ1v) is 9.79. The van der Waals surface area contributed by atoms with Gasteiger partial charge in [0.2, 0.25) is 5.16 Å². The number of anilines is 1. The lowest BCUT2D eigenvalue weighted by atomic mass is 10.1. The summed E-state index contributed by atoms with van der Waals surface area (Å²) >= 11 is 1.45. The van der Waals surface area contributed by atoms with Gasteiger partial charge in [-0.1, -0.05) is 42.1 Å². The second-order valence-electron chi connectivity index (χ2n) is 6.23. The van der Waals surface area contributed by atoms with Crippen LogP contribution in [0, 0.1) is 0 Å². The van der Waals surface area contributed by atoms with Crippen molar-refractivity contribution < 1.29 is 9.47 Å². The highest BCUT2D eigenvalue weighted by Gasteiger charge is 2.29. The Morgan fingerprint density at radius 3 is 2.96 bits per heavy atom. The number of fused-ring (bicyclic) bond motifs is 1. The summed E-state index contributed by atoms with van der Waals surface area (Å²) in [4.78, 5) is 8.59. The maximum absolute atomic E-state index is 6.17. The van der Waals surface area contributed by atoms with Crippen molar-refractivity contribution in [2.45, 2.75) is 36.8 Å². The van der Waals surface area contributed by atoms with Gasteiger partial charge in [0.05, 0.1) is 31.2 Å². The molecule has 3 heterocycles. The number of thioether (sulfide) groups is 1. The predicted molar refractivity (Wildman–Crippen MR) is 99.9 cm³/mol. The van der Waals surface area contributed by atoms with Crippen molar-refractivity contribution in [1.82, 2.24) is 19.6 Å². The summed E-state index contributed by atoms with van der Waals surface area (Å²) in [5.41, 5.74) is 8.64. The van der Waals surface area contributed by atoms with E-state index in [0.29, 0.717) is 29.8 Å². The Hall–Kier alpha value is -2.16. The average Bonchev–Trinajstić information content (AvgIpc) is 3.29. The van der Waals surface area contributed by atoms with Crippen LogP contribution in [0.3, 0.4) is 0 Å². The van der Waals surface area contributed by atoms with Gasteiger partial charge in [-0.05, 0) is 24.7 Å². The number of ether oxygens (including phenoxy) is 2. The lowest BCUT2D eigenvalue weighted by Gasteiger charge is -2.14. The third-order valence-corrected chi connectivity index (χ3v) is 4.97. The van der Waals surface area contributed by atoms with Gasteiger partial charge in [-0.15, -0.1) is 5.10 Å². The second kappa shape index (κ2) is 7.61. The molecule has 0 amide bonds. The molecule has 0 saturated carbocycles. The number of nitrogens with two attached hydrogens (primary N) is 1. The largest absolute Gasteiger partial charge is 0.380 e. The summed E-state index contributed by atoms with van der Waals surface area (Å²) in [7, 11) is 0. The molecule has 4 rings (SSSR count). The van der Waals surface area contributed by atoms with Crippen molar-refractivity contribution in [3.05, 3.63) is 47.8 Å². The summed E-state index contributed by atoms with van der Waals surface area (Å²) in [5, 5.41) is 5.12. The topological polar surface area (TPSA) is 87.6 Å². The van der Waals surface area contributed by atoms with E-state index in [1.165, 1.54) is 17.3 Å². The Balaban J connectivity index is 1.41. The van der Waals surface area contributed by atoms with Gasteiger partial charge in [0.1, 0.15) is 6.10 Å². The maximum atomic E-state index is 6.17. The number of aromatic nitrogens is 4. The van der Waals surface area contributed by atoms with Crippen molar-refractivity contribution in [3.63, 3.8) is 0 Å². The second-order valence-corrected chi connectivity index (χ2v) is 7.00. The molecule has 8 heteroatoms. The van der Waals surface area contributed by atoms with Crippen LogP contribution in [0.2, 0.25) is 0 Å². The van der Waals surface area contributed by atoms with Gasteiger partial charge in [0.25, 0.3) is 0 Å². The first-order chi connectivity index (χ1) is 12.7. The molecule has 7 nitrogen and oxygen atoms in total. The van der Waals surface area contributed by atoms with Gasteiger partial charge in [-0.2, -0.15) is 0 Å². The van der Waals surface area contributed by atoms with Crippen LogP contribution < -0.4 is 5.73 Å². The third kappa shape index (κ3) is 3.53. The number of nitrogens with zero attached hydrogens (tertiary/aromatic N) is 4. The molecular formula is C18H21N5O2S. The molecule has 136 valence electrons. The van der Waals surface area contributed by atoms with Gasteiger partial charge in [-0.25, -0.2) is 14.5 Å². The van der Waals surface area contributed by atoms with Crippen molar-refractivity contribution in [2.24, 2.45) is 0 Å². The zero-order chi connectivity index (χ0) is 17.9. The molecule has 0 bridgehead atoms. The van der Waals surface area contributed by atoms with Crippen LogP contribution in [0.5, 0.6) is 0 Å². The fourth-order valence-electron chi connectivity index (χ4n) is 3.13. The van der Waals surface area contributed by atoms with Crippen LogP contribution in [0.4, 0.5) is 5.82 Å². The molecule has 2 aromatic heterocycles. The molecule has 26 heavy (non-hydrogen) atoms. The summed E-state index contributed by atoms with van der Waals surface area (Å²) in [6.45, 7) is 1.18. The summed E-state index contributed by atoms with van der Waals surface area (Å²) in [5.74, 6) is 0.386. The monoisotopic (exact) mass is 371 g/mol. The van der Waals surface area contributed by atoms with Gasteiger partial charge in [-0.3, -0.25) is 0 Å². The minimum Gasteiger partial charge on any atom is -0.380 e. The summed E-state index contributed by atoms with van der Waals surface area (Å²) in [6, 6.07) is 10.2. The van der Waals surface area contributed by atoms with E-state index in [9.17, 15) is 0 Å². The molecule has 2 N–H and O–H groups in total. The molecule has 1 saturated heterocycles. The van der Waals surface area contributed by atoms with Crippen LogP contribution in [0.25, 0.3) is 5.65 Å². The predicted octanol–water partition coefficient (Wildman–Crippen LogP) is 2.87. The van der Waals surface area contributed by atoms with Crippen molar-refractivity contribution >= 4 is 23.2 Å². The van der Waals surface area contributed by atoms with Crippen LogP contribution in [-0.2, 0) is 16.1 Å². The average molecular weight is 371 g/mol. The lowest BCUT2D eigenvalue weighted by molar-refractivity contribution is -0.0221. The highest BCUT2D eigenvalue weighted by molar-refractivity contribution is 7.98. The summed E-state index contributed by atoms with van der Waals surface area (Å²) in [6.07, 6.45) is 5.58. The molecule has 1 aliphatic rings. The Morgan fingerprint density at radius 1 is 1.31 bits per heavy atom. The van der Waals surface area contributed by atoms with Crippen molar-refractivity contribution in [1.29, 1.82) is 0 Å². The molecule has 1 fully saturated rings. The molecule has 0 spiro atoms. The Labute approximate surface area is 155 Å². The van der Waals surface area contributed by atoms with E-state index in [2.05, 4.69) is 27.2 Å². The number of hydrogen-bond donors (Lipinski definition) is 1. The third-order valence-electron chi connectivity index (χ3n) is 4.43. The van der Waals surface area contributed by atoms with Crippen LogP contribution >= 0.6 is 11.8 Å². The smallest absolute Gasteiger partial charge is 0.209 e. The van der Waals surface area contributed by atoms with Gasteiger partial charge < -0.3 is 15.2 Å². The first-order valence-electron chi connectivity index (χ1n) is 8.57. The van der Waals surface area contributed by atoms with E-state index in [1.807, 2.05) is 24.5 Å². The highest BCUT2D eigenvalue weighted by atomic mass is 32.2. The van der Waals surface area contributed by atoms with Crippen LogP contribution in [0.15, 0.2) is 41.7 Å². The minimum absolute atomic E-state index is 0.0562. The normalized spacial score (nSPS) is 20.0. The van der Waals surface area contributed by atoms with Gasteiger partial charge in [0, 0.05) is 0 Å². The fraction of sp³-hybridized carbons (Fsp3) is 0.389. The Morgan fingerprint density at radius 2 is 2.15 bits per heavy atom. The van der Waals surface area contributed by atoms with Crippen LogP contribution in [0.1, 0.15) is 30.2 Å². The molecule has 2 atom stereocenters. The van der Waals surface area contributed by atoms with Crippen LogP contribution in [-0.4, -0.2) is 38.5 Å². The quantitative estimate of drug-likeness (QED) is 0.667. The Bertz CT molecular complexity index is 886. The molecular weight excluding hydrogens is 350 g/mol. The van der Waals surface area contributed by atoms with E-state index in [-0.39, 0.29) is 12.2 Å². The molecule has 1 aromatic carbocycles. The maximum Gasteiger partial charge on any atom is 0.209 e. The minimum atomic E-state index is -0.0562. The molecule has 0 aliphatic carbocycles. The molecule has 0 radical (unpaired) electrons. The molecule has 1 aliphatic heterocycles. The fourth-order valence-corrected chi connectivity index (χ4v) is 3.49. The molecule has 3 aromatic rings. The van der Waals surface area contributed by atoms with Gasteiger partial charge in [0.15, 0.2) is 11.5 Å². The standard InChI is InChI=1S/C18H21N5O2S/c1-26-18-21-16(19)17-20-9-14(23(17)22-18)15-8-7-13(25-15)11-24-10-12-5-3-2-4-6-12/h2-6,9,13,15H,7-8,10-11H2,1H3,(H2,19,21,22)/t13-,15+/m0/s1. The number of imidazole rings is 1. The number of rotatable bonds is 6. The van der Waals surface area contributed by atoms with E-state index >= 15 is 0 Å². The van der Waals surface area contributed by atoms with E-state index < -0.39 is 0 Å². The number of nitrogen functional groups attached to an aromatic ring is 1. The van der Waals surface area contributed by atoms with E-state index in [0.717, 1.165) is 18.5 Å². The van der Waals surface area contributed by atoms with Crippen molar-refractivity contribution in [3.8, 4) is 0 Å². The number of benzene rings is 1. The van der Waals surface area contributed by atoms with Crippen molar-refractivity contribution in [2.75, 3.05) is 18.6 Å². The lowest BCUT2D eigenvalue weighted by Crippen LogP contribution is -2.15. The Kier molecular flexibility index (Phi) is 5.05. The highest BCUT2D eigenvalue weighted by Crippen LogP contribution is 2.33.